The van der Waals surface area contributed by atoms with Crippen LogP contribution >= 0.6 is 0 Å². The van der Waals surface area contributed by atoms with E-state index in [1.54, 1.807) is 0 Å². The summed E-state index contributed by atoms with van der Waals surface area (Å²) in [6.45, 7) is 9.31. The second kappa shape index (κ2) is 4.03. The van der Waals surface area contributed by atoms with E-state index in [2.05, 4.69) is 27.7 Å². The van der Waals surface area contributed by atoms with Crippen LogP contribution in [0.25, 0.3) is 0 Å². The Hall–Kier alpha value is -0.990. The lowest BCUT2D eigenvalue weighted by atomic mass is 9.94. The van der Waals surface area contributed by atoms with E-state index < -0.39 is 0 Å². The largest absolute Gasteiger partial charge is 0.428 e. The Labute approximate surface area is 85.3 Å². The molecule has 1 rings (SSSR count). The van der Waals surface area contributed by atoms with Gasteiger partial charge in [-0.25, -0.2) is 0 Å². The topological polar surface area (TPSA) is 41.9 Å². The zero-order chi connectivity index (χ0) is 10.8. The average Bonchev–Trinajstić information content (AvgIpc) is 2.43. The molecule has 1 aromatic heterocycles. The van der Waals surface area contributed by atoms with E-state index in [1.807, 2.05) is 10.8 Å². The summed E-state index contributed by atoms with van der Waals surface area (Å²) in [5.41, 5.74) is 0.260. The predicted octanol–water partition coefficient (Wildman–Crippen LogP) is 2.66. The van der Waals surface area contributed by atoms with Crippen molar-refractivity contribution < 1.29 is 4.42 Å². The van der Waals surface area contributed by atoms with Crippen molar-refractivity contribution in [2.75, 3.05) is 0 Å². The Kier molecular flexibility index (Phi) is 3.19. The number of hydrogen-bond acceptors (Lipinski definition) is 2. The van der Waals surface area contributed by atoms with Gasteiger partial charge in [0.15, 0.2) is 0 Å². The van der Waals surface area contributed by atoms with Gasteiger partial charge in [-0.15, -0.1) is 0 Å². The molecule has 0 amide bonds. The first kappa shape index (κ1) is 11.1. The van der Waals surface area contributed by atoms with Gasteiger partial charge in [0.25, 0.3) is 5.68 Å². The van der Waals surface area contributed by atoms with Gasteiger partial charge in [0.05, 0.1) is 0 Å². The van der Waals surface area contributed by atoms with Crippen LogP contribution in [-0.2, 0) is 12.0 Å². The number of aromatic nitrogens is 1. The summed E-state index contributed by atoms with van der Waals surface area (Å²) in [4.78, 5) is 0. The van der Waals surface area contributed by atoms with E-state index in [0.717, 1.165) is 25.1 Å². The highest BCUT2D eigenvalue weighted by molar-refractivity contribution is 5.04. The fourth-order valence-corrected chi connectivity index (χ4v) is 1.23. The van der Waals surface area contributed by atoms with Crippen LogP contribution in [0.5, 0.6) is 0 Å². The molecule has 0 fully saturated rings. The van der Waals surface area contributed by atoms with Gasteiger partial charge < -0.3 is 4.42 Å². The van der Waals surface area contributed by atoms with Gasteiger partial charge in [-0.3, -0.25) is 9.98 Å². The van der Waals surface area contributed by atoms with Crippen molar-refractivity contribution in [2.45, 2.75) is 52.5 Å². The number of aryl methyl sites for hydroxylation is 1. The summed E-state index contributed by atoms with van der Waals surface area (Å²) in [5, 5.41) is 7.65. The maximum Gasteiger partial charge on any atom is 0.293 e. The van der Waals surface area contributed by atoms with E-state index in [-0.39, 0.29) is 11.1 Å². The Morgan fingerprint density at radius 1 is 1.43 bits per heavy atom. The lowest BCUT2D eigenvalue weighted by Gasteiger charge is -2.12. The van der Waals surface area contributed by atoms with Crippen LogP contribution in [-0.4, -0.2) is 4.57 Å². The van der Waals surface area contributed by atoms with Crippen molar-refractivity contribution in [1.29, 1.82) is 5.41 Å². The number of nitrogens with one attached hydrogen (secondary N) is 1. The summed E-state index contributed by atoms with van der Waals surface area (Å²) in [7, 11) is 0. The fraction of sp³-hybridized carbons (Fsp3) is 0.727. The quantitative estimate of drug-likeness (QED) is 0.793. The molecular weight excluding hydrogens is 176 g/mol. The van der Waals surface area contributed by atoms with E-state index >= 15 is 0 Å². The summed E-state index contributed by atoms with van der Waals surface area (Å²) >= 11 is 0. The molecule has 0 radical (unpaired) electrons. The minimum atomic E-state index is -0.00668. The van der Waals surface area contributed by atoms with Crippen LogP contribution in [0, 0.1) is 5.41 Å². The smallest absolute Gasteiger partial charge is 0.293 e. The molecule has 80 valence electrons. The molecule has 3 heteroatoms. The molecule has 3 nitrogen and oxygen atoms in total. The fourth-order valence-electron chi connectivity index (χ4n) is 1.23. The second-order valence-electron chi connectivity index (χ2n) is 4.70. The Bertz CT molecular complexity index is 341. The van der Waals surface area contributed by atoms with Crippen LogP contribution in [0.3, 0.4) is 0 Å². The molecule has 14 heavy (non-hydrogen) atoms. The summed E-state index contributed by atoms with van der Waals surface area (Å²) < 4.78 is 7.28. The first-order valence-electron chi connectivity index (χ1n) is 5.20. The molecule has 1 N–H and O–H groups in total. The first-order chi connectivity index (χ1) is 6.45. The van der Waals surface area contributed by atoms with Crippen LogP contribution in [0.1, 0.15) is 46.3 Å². The molecule has 1 aromatic rings. The van der Waals surface area contributed by atoms with E-state index in [4.69, 9.17) is 9.83 Å². The highest BCUT2D eigenvalue weighted by Crippen LogP contribution is 2.20. The van der Waals surface area contributed by atoms with Crippen molar-refractivity contribution in [1.82, 2.24) is 4.57 Å². The molecular formula is C11H20N2O. The summed E-state index contributed by atoms with van der Waals surface area (Å²) in [5.74, 6) is 0.888. The lowest BCUT2D eigenvalue weighted by Crippen LogP contribution is -2.13. The zero-order valence-electron chi connectivity index (χ0n) is 9.55. The highest BCUT2D eigenvalue weighted by Gasteiger charge is 2.18. The standard InChI is InChI=1S/C11H20N2O/c1-5-6-7-13-8-9(11(2,3)4)14-10(13)12/h8,12H,5-7H2,1-4H3. The molecule has 0 aliphatic rings. The zero-order valence-corrected chi connectivity index (χ0v) is 9.55. The van der Waals surface area contributed by atoms with Gasteiger partial charge in [-0.05, 0) is 6.42 Å². The average molecular weight is 196 g/mol. The second-order valence-corrected chi connectivity index (χ2v) is 4.70. The molecule has 0 unspecified atom stereocenters. The van der Waals surface area contributed by atoms with Gasteiger partial charge in [0.1, 0.15) is 5.76 Å². The van der Waals surface area contributed by atoms with Crippen molar-refractivity contribution >= 4 is 0 Å². The third-order valence-electron chi connectivity index (χ3n) is 2.23. The molecule has 0 aliphatic heterocycles. The monoisotopic (exact) mass is 196 g/mol. The number of hydrogen-bond donors (Lipinski definition) is 1. The lowest BCUT2D eigenvalue weighted by molar-refractivity contribution is 0.365. The van der Waals surface area contributed by atoms with E-state index in [1.165, 1.54) is 0 Å². The Balaban J connectivity index is 2.88. The number of nitrogens with zero attached hydrogens (tertiary/aromatic N) is 1. The van der Waals surface area contributed by atoms with Gasteiger partial charge >= 0.3 is 0 Å². The molecule has 0 aliphatic carbocycles. The minimum absolute atomic E-state index is 0.00668. The Morgan fingerprint density at radius 2 is 2.07 bits per heavy atom. The van der Waals surface area contributed by atoms with Crippen molar-refractivity contribution in [3.63, 3.8) is 0 Å². The van der Waals surface area contributed by atoms with Crippen LogP contribution in [0.4, 0.5) is 0 Å². The number of rotatable bonds is 3. The maximum absolute atomic E-state index is 7.65. The van der Waals surface area contributed by atoms with Crippen molar-refractivity contribution in [3.8, 4) is 0 Å². The van der Waals surface area contributed by atoms with Gasteiger partial charge in [0.2, 0.25) is 0 Å². The van der Waals surface area contributed by atoms with Crippen molar-refractivity contribution in [3.05, 3.63) is 17.6 Å². The molecule has 1 heterocycles. The van der Waals surface area contributed by atoms with Gasteiger partial charge in [0, 0.05) is 18.2 Å². The highest BCUT2D eigenvalue weighted by atomic mass is 16.4. The molecule has 0 spiro atoms. The third kappa shape index (κ3) is 2.50. The van der Waals surface area contributed by atoms with E-state index in [0.29, 0.717) is 0 Å². The molecule has 0 bridgehead atoms. The first-order valence-corrected chi connectivity index (χ1v) is 5.20. The SMILES string of the molecule is CCCCn1cc(C(C)(C)C)oc1=N. The molecule has 0 aromatic carbocycles. The van der Waals surface area contributed by atoms with Crippen LogP contribution in [0.2, 0.25) is 0 Å². The molecule has 0 saturated heterocycles. The van der Waals surface area contributed by atoms with E-state index in [9.17, 15) is 0 Å². The Morgan fingerprint density at radius 3 is 2.50 bits per heavy atom. The van der Waals surface area contributed by atoms with Gasteiger partial charge in [-0.1, -0.05) is 34.1 Å². The minimum Gasteiger partial charge on any atom is -0.428 e. The normalized spacial score (nSPS) is 12.0. The van der Waals surface area contributed by atoms with Crippen molar-refractivity contribution in [2.24, 2.45) is 0 Å². The maximum atomic E-state index is 7.65. The summed E-state index contributed by atoms with van der Waals surface area (Å²) in [6, 6.07) is 0. The van der Waals surface area contributed by atoms with Crippen LogP contribution < -0.4 is 5.68 Å². The summed E-state index contributed by atoms with van der Waals surface area (Å²) in [6.07, 6.45) is 4.19. The number of unbranched alkanes of at least 4 members (excludes halogenated alkanes) is 1. The van der Waals surface area contributed by atoms with Crippen LogP contribution in [0.15, 0.2) is 10.6 Å². The van der Waals surface area contributed by atoms with Gasteiger partial charge in [-0.2, -0.15) is 0 Å². The number of oxazole rings is 1. The predicted molar refractivity (Wildman–Crippen MR) is 56.2 cm³/mol. The molecule has 0 atom stereocenters. The molecule has 0 saturated carbocycles. The third-order valence-corrected chi connectivity index (χ3v) is 2.23.